The summed E-state index contributed by atoms with van der Waals surface area (Å²) >= 11 is 7.69. The Morgan fingerprint density at radius 3 is 2.26 bits per heavy atom. The average Bonchev–Trinajstić information content (AvgIpc) is 2.93. The molecular formula is C20H19ClN2O3S. The number of halogens is 1. The third kappa shape index (κ3) is 4.01. The number of nitrogens with zero attached hydrogens (tertiary/aromatic N) is 1. The van der Waals surface area contributed by atoms with Crippen LogP contribution in [0, 0.1) is 0 Å². The van der Waals surface area contributed by atoms with Crippen LogP contribution in [0.2, 0.25) is 5.02 Å². The molecule has 1 N–H and O–H groups in total. The van der Waals surface area contributed by atoms with Gasteiger partial charge in [0.2, 0.25) is 5.91 Å². The quantitative estimate of drug-likeness (QED) is 0.721. The van der Waals surface area contributed by atoms with Gasteiger partial charge in [-0.1, -0.05) is 41.9 Å². The molecular weight excluding hydrogens is 384 g/mol. The first-order valence-electron chi connectivity index (χ1n) is 8.51. The topological polar surface area (TPSA) is 66.5 Å². The van der Waals surface area contributed by atoms with E-state index in [0.717, 1.165) is 10.5 Å². The van der Waals surface area contributed by atoms with Gasteiger partial charge in [-0.05, 0) is 42.2 Å². The maximum Gasteiger partial charge on any atom is 0.262 e. The predicted molar refractivity (Wildman–Crippen MR) is 107 cm³/mol. The molecule has 0 saturated heterocycles. The van der Waals surface area contributed by atoms with Gasteiger partial charge in [0.25, 0.3) is 11.8 Å². The van der Waals surface area contributed by atoms with E-state index in [9.17, 15) is 14.4 Å². The van der Waals surface area contributed by atoms with E-state index in [1.165, 1.54) is 0 Å². The second kappa shape index (κ2) is 8.59. The van der Waals surface area contributed by atoms with Crippen molar-refractivity contribution >= 4 is 41.1 Å². The highest BCUT2D eigenvalue weighted by atomic mass is 35.5. The van der Waals surface area contributed by atoms with Crippen LogP contribution in [0.15, 0.2) is 48.5 Å². The third-order valence-corrected chi connectivity index (χ3v) is 5.46. The van der Waals surface area contributed by atoms with Crippen molar-refractivity contribution in [3.05, 3.63) is 70.2 Å². The number of imide groups is 1. The summed E-state index contributed by atoms with van der Waals surface area (Å²) in [4.78, 5) is 39.4. The first-order valence-corrected chi connectivity index (χ1v) is 10.3. The minimum Gasteiger partial charge on any atom is -0.350 e. The SMILES string of the molecule is CSCC[C@H](C(=O)NCc1ccccc1Cl)N1C(=O)c2ccccc2C1=O. The molecule has 0 unspecified atom stereocenters. The number of carbonyl (C=O) groups is 3. The molecule has 1 aliphatic heterocycles. The first-order chi connectivity index (χ1) is 13.0. The number of carbonyl (C=O) groups excluding carboxylic acids is 3. The summed E-state index contributed by atoms with van der Waals surface area (Å²) < 4.78 is 0. The van der Waals surface area contributed by atoms with Gasteiger partial charge in [0.05, 0.1) is 11.1 Å². The Bertz CT molecular complexity index is 852. The highest BCUT2D eigenvalue weighted by Crippen LogP contribution is 2.26. The highest BCUT2D eigenvalue weighted by molar-refractivity contribution is 7.98. The van der Waals surface area contributed by atoms with Crippen LogP contribution in [0.5, 0.6) is 0 Å². The van der Waals surface area contributed by atoms with Crippen molar-refractivity contribution < 1.29 is 14.4 Å². The van der Waals surface area contributed by atoms with Gasteiger partial charge in [0.1, 0.15) is 6.04 Å². The number of hydrogen-bond donors (Lipinski definition) is 1. The Hall–Kier alpha value is -2.31. The van der Waals surface area contributed by atoms with Crippen molar-refractivity contribution in [3.63, 3.8) is 0 Å². The number of nitrogens with one attached hydrogen (secondary N) is 1. The largest absolute Gasteiger partial charge is 0.350 e. The number of fused-ring (bicyclic) bond motifs is 1. The van der Waals surface area contributed by atoms with E-state index in [1.807, 2.05) is 24.5 Å². The molecule has 1 aliphatic rings. The van der Waals surface area contributed by atoms with E-state index < -0.39 is 17.9 Å². The molecule has 7 heteroatoms. The molecule has 0 aliphatic carbocycles. The van der Waals surface area contributed by atoms with Crippen molar-refractivity contribution in [1.82, 2.24) is 10.2 Å². The van der Waals surface area contributed by atoms with Crippen LogP contribution >= 0.6 is 23.4 Å². The van der Waals surface area contributed by atoms with Crippen LogP contribution in [0.4, 0.5) is 0 Å². The van der Waals surface area contributed by atoms with Crippen LogP contribution in [0.25, 0.3) is 0 Å². The van der Waals surface area contributed by atoms with Crippen molar-refractivity contribution in [2.24, 2.45) is 0 Å². The smallest absolute Gasteiger partial charge is 0.262 e. The third-order valence-electron chi connectivity index (χ3n) is 4.45. The molecule has 5 nitrogen and oxygen atoms in total. The second-order valence-electron chi connectivity index (χ2n) is 6.13. The van der Waals surface area contributed by atoms with Crippen molar-refractivity contribution in [2.45, 2.75) is 19.0 Å². The van der Waals surface area contributed by atoms with Gasteiger partial charge in [-0.25, -0.2) is 0 Å². The van der Waals surface area contributed by atoms with Crippen molar-refractivity contribution in [2.75, 3.05) is 12.0 Å². The number of benzene rings is 2. The summed E-state index contributed by atoms with van der Waals surface area (Å²) in [5.41, 5.74) is 1.46. The number of rotatable bonds is 7. The van der Waals surface area contributed by atoms with Crippen LogP contribution in [-0.4, -0.2) is 40.7 Å². The molecule has 0 bridgehead atoms. The second-order valence-corrected chi connectivity index (χ2v) is 7.53. The number of hydrogen-bond acceptors (Lipinski definition) is 4. The van der Waals surface area contributed by atoms with Crippen LogP contribution < -0.4 is 5.32 Å². The zero-order valence-corrected chi connectivity index (χ0v) is 16.3. The van der Waals surface area contributed by atoms with Crippen LogP contribution in [-0.2, 0) is 11.3 Å². The van der Waals surface area contributed by atoms with Crippen LogP contribution in [0.1, 0.15) is 32.7 Å². The first kappa shape index (κ1) is 19.5. The van der Waals surface area contributed by atoms with E-state index in [0.29, 0.717) is 28.3 Å². The number of amides is 3. The van der Waals surface area contributed by atoms with E-state index in [-0.39, 0.29) is 12.5 Å². The lowest BCUT2D eigenvalue weighted by molar-refractivity contribution is -0.125. The van der Waals surface area contributed by atoms with Crippen molar-refractivity contribution in [3.8, 4) is 0 Å². The van der Waals surface area contributed by atoms with Crippen LogP contribution in [0.3, 0.4) is 0 Å². The molecule has 3 rings (SSSR count). The average molecular weight is 403 g/mol. The fourth-order valence-electron chi connectivity index (χ4n) is 3.04. The molecule has 2 aromatic rings. The Morgan fingerprint density at radius 1 is 1.07 bits per heavy atom. The zero-order chi connectivity index (χ0) is 19.4. The molecule has 0 radical (unpaired) electrons. The van der Waals surface area contributed by atoms with Gasteiger partial charge in [-0.3, -0.25) is 19.3 Å². The monoisotopic (exact) mass is 402 g/mol. The fraction of sp³-hybridized carbons (Fsp3) is 0.250. The Balaban J connectivity index is 1.80. The summed E-state index contributed by atoms with van der Waals surface area (Å²) in [6.45, 7) is 0.234. The standard InChI is InChI=1S/C20H19ClN2O3S/c1-27-11-10-17(18(24)22-12-13-6-2-5-9-16(13)21)23-19(25)14-7-3-4-8-15(14)20(23)26/h2-9,17H,10-12H2,1H3,(H,22,24)/t17-/m1/s1. The molecule has 1 heterocycles. The Morgan fingerprint density at radius 2 is 1.67 bits per heavy atom. The molecule has 0 aromatic heterocycles. The lowest BCUT2D eigenvalue weighted by Crippen LogP contribution is -2.49. The van der Waals surface area contributed by atoms with E-state index >= 15 is 0 Å². The van der Waals surface area contributed by atoms with Gasteiger partial charge in [-0.2, -0.15) is 11.8 Å². The molecule has 1 atom stereocenters. The lowest BCUT2D eigenvalue weighted by atomic mass is 10.1. The summed E-state index contributed by atoms with van der Waals surface area (Å²) in [5, 5.41) is 3.37. The number of thioether (sulfide) groups is 1. The maximum atomic E-state index is 12.9. The normalized spacial score (nSPS) is 14.2. The van der Waals surface area contributed by atoms with Gasteiger partial charge in [-0.15, -0.1) is 0 Å². The molecule has 140 valence electrons. The van der Waals surface area contributed by atoms with Crippen molar-refractivity contribution in [1.29, 1.82) is 0 Å². The molecule has 0 fully saturated rings. The van der Waals surface area contributed by atoms with E-state index in [1.54, 1.807) is 42.1 Å². The Kier molecular flexibility index (Phi) is 6.19. The van der Waals surface area contributed by atoms with E-state index in [4.69, 9.17) is 11.6 Å². The van der Waals surface area contributed by atoms with Gasteiger partial charge in [0, 0.05) is 11.6 Å². The molecule has 3 amide bonds. The minimum absolute atomic E-state index is 0.234. The highest BCUT2D eigenvalue weighted by Gasteiger charge is 2.42. The zero-order valence-electron chi connectivity index (χ0n) is 14.8. The lowest BCUT2D eigenvalue weighted by Gasteiger charge is -2.25. The van der Waals surface area contributed by atoms with Gasteiger partial charge in [0.15, 0.2) is 0 Å². The fourth-order valence-corrected chi connectivity index (χ4v) is 3.70. The Labute approximate surface area is 167 Å². The summed E-state index contributed by atoms with van der Waals surface area (Å²) in [7, 11) is 0. The van der Waals surface area contributed by atoms with E-state index in [2.05, 4.69) is 5.32 Å². The van der Waals surface area contributed by atoms with Gasteiger partial charge >= 0.3 is 0 Å². The molecule has 0 saturated carbocycles. The molecule has 0 spiro atoms. The minimum atomic E-state index is -0.854. The summed E-state index contributed by atoms with van der Waals surface area (Å²) in [6.07, 6.45) is 2.31. The molecule has 27 heavy (non-hydrogen) atoms. The van der Waals surface area contributed by atoms with Gasteiger partial charge < -0.3 is 5.32 Å². The summed E-state index contributed by atoms with van der Waals surface area (Å²) in [5.74, 6) is -0.555. The predicted octanol–water partition coefficient (Wildman–Crippen LogP) is 3.37. The maximum absolute atomic E-state index is 12.9. The molecule has 2 aromatic carbocycles. The summed E-state index contributed by atoms with van der Waals surface area (Å²) in [6, 6.07) is 13.0.